The van der Waals surface area contributed by atoms with Crippen molar-refractivity contribution in [3.05, 3.63) is 65.6 Å². The number of aromatic nitrogens is 1. The molecule has 2 heterocycles. The van der Waals surface area contributed by atoms with Crippen molar-refractivity contribution in [2.45, 2.75) is 11.3 Å². The largest absolute Gasteiger partial charge is 0.466 e. The minimum atomic E-state index is -0.614. The van der Waals surface area contributed by atoms with Crippen LogP contribution in [0.3, 0.4) is 0 Å². The first-order valence-corrected chi connectivity index (χ1v) is 10.0. The van der Waals surface area contributed by atoms with Crippen LogP contribution >= 0.6 is 11.8 Å². The summed E-state index contributed by atoms with van der Waals surface area (Å²) in [6.07, 6.45) is 2.68. The number of carbonyl (C=O) groups is 2. The van der Waals surface area contributed by atoms with E-state index in [1.807, 2.05) is 42.5 Å². The summed E-state index contributed by atoms with van der Waals surface area (Å²) in [6, 6.07) is 13.6. The Morgan fingerprint density at radius 1 is 1.10 bits per heavy atom. The maximum absolute atomic E-state index is 12.3. The Balaban J connectivity index is 1.73. The average molecular weight is 414 g/mol. The maximum Gasteiger partial charge on any atom is 0.355 e. The molecular formula is C21H22N2O5S. The van der Waals surface area contributed by atoms with Gasteiger partial charge in [0.15, 0.2) is 0 Å². The second-order valence-corrected chi connectivity index (χ2v) is 7.30. The molecular weight excluding hydrogens is 392 g/mol. The molecule has 3 rings (SSSR count). The first-order chi connectivity index (χ1) is 14.1. The molecule has 0 spiro atoms. The monoisotopic (exact) mass is 414 g/mol. The molecule has 0 radical (unpaired) electrons. The van der Waals surface area contributed by atoms with Crippen LogP contribution in [0.5, 0.6) is 0 Å². The molecule has 0 fully saturated rings. The second-order valence-electron chi connectivity index (χ2n) is 6.13. The van der Waals surface area contributed by atoms with Crippen molar-refractivity contribution in [1.82, 2.24) is 4.98 Å². The smallest absolute Gasteiger partial charge is 0.355 e. The van der Waals surface area contributed by atoms with E-state index in [9.17, 15) is 9.59 Å². The Hall–Kier alpha value is -2.84. The third kappa shape index (κ3) is 5.16. The van der Waals surface area contributed by atoms with Gasteiger partial charge in [-0.15, -0.1) is 11.8 Å². The molecule has 7 nitrogen and oxygen atoms in total. The zero-order chi connectivity index (χ0) is 20.6. The highest BCUT2D eigenvalue weighted by Gasteiger charge is 2.32. The Labute approximate surface area is 173 Å². The number of anilines is 1. The lowest BCUT2D eigenvalue weighted by molar-refractivity contribution is -0.140. The number of rotatable bonds is 7. The van der Waals surface area contributed by atoms with E-state index < -0.39 is 11.9 Å². The Morgan fingerprint density at radius 3 is 2.52 bits per heavy atom. The summed E-state index contributed by atoms with van der Waals surface area (Å²) in [5, 5.41) is 0. The number of thioether (sulfide) groups is 1. The fraction of sp³-hybridized carbons (Fsp3) is 0.286. The lowest BCUT2D eigenvalue weighted by atomic mass is 10.1. The van der Waals surface area contributed by atoms with Crippen LogP contribution < -0.4 is 4.90 Å². The predicted molar refractivity (Wildman–Crippen MR) is 109 cm³/mol. The van der Waals surface area contributed by atoms with E-state index >= 15 is 0 Å². The van der Waals surface area contributed by atoms with Crippen molar-refractivity contribution in [2.75, 3.05) is 38.2 Å². The number of ether oxygens (including phenoxy) is 3. The van der Waals surface area contributed by atoms with Gasteiger partial charge in [-0.1, -0.05) is 6.07 Å². The van der Waals surface area contributed by atoms with E-state index in [0.29, 0.717) is 0 Å². The van der Waals surface area contributed by atoms with Crippen LogP contribution in [0, 0.1) is 0 Å². The standard InChI is InChI=1S/C21H22N2O5S/c1-26-20(24)18-13-28-14-23(19(18)21(25)27-2)16-6-8-17(9-7-16)29-12-10-15-5-3-4-11-22-15/h3-9,11H,10,12-14H2,1-2H3. The lowest BCUT2D eigenvalue weighted by Gasteiger charge is -2.31. The first kappa shape index (κ1) is 20.9. The topological polar surface area (TPSA) is 78.0 Å². The molecule has 1 aromatic carbocycles. The molecule has 1 aliphatic heterocycles. The quantitative estimate of drug-likeness (QED) is 0.506. The number of esters is 2. The molecule has 0 saturated carbocycles. The Kier molecular flexibility index (Phi) is 7.26. The van der Waals surface area contributed by atoms with Gasteiger partial charge in [0.05, 0.1) is 26.4 Å². The van der Waals surface area contributed by atoms with Gasteiger partial charge >= 0.3 is 11.9 Å². The number of hydrogen-bond donors (Lipinski definition) is 0. The number of aryl methyl sites for hydroxylation is 1. The number of hydrogen-bond acceptors (Lipinski definition) is 8. The normalized spacial score (nSPS) is 13.9. The van der Waals surface area contributed by atoms with Crippen molar-refractivity contribution < 1.29 is 23.8 Å². The molecule has 29 heavy (non-hydrogen) atoms. The Morgan fingerprint density at radius 2 is 1.86 bits per heavy atom. The molecule has 0 atom stereocenters. The van der Waals surface area contributed by atoms with Gasteiger partial charge in [0.1, 0.15) is 12.4 Å². The molecule has 0 amide bonds. The van der Waals surface area contributed by atoms with Crippen LogP contribution in [-0.4, -0.2) is 50.2 Å². The van der Waals surface area contributed by atoms with Crippen molar-refractivity contribution in [1.29, 1.82) is 0 Å². The van der Waals surface area contributed by atoms with Crippen molar-refractivity contribution in [2.24, 2.45) is 0 Å². The molecule has 2 aromatic rings. The molecule has 0 saturated heterocycles. The van der Waals surface area contributed by atoms with Gasteiger partial charge in [0.2, 0.25) is 0 Å². The molecule has 0 unspecified atom stereocenters. The highest BCUT2D eigenvalue weighted by Crippen LogP contribution is 2.29. The van der Waals surface area contributed by atoms with E-state index in [2.05, 4.69) is 4.98 Å². The number of carbonyl (C=O) groups excluding carboxylic acids is 2. The molecule has 152 valence electrons. The molecule has 0 bridgehead atoms. The van der Waals surface area contributed by atoms with E-state index in [1.54, 1.807) is 22.9 Å². The fourth-order valence-corrected chi connectivity index (χ4v) is 3.76. The van der Waals surface area contributed by atoms with Crippen molar-refractivity contribution >= 4 is 29.4 Å². The number of benzene rings is 1. The van der Waals surface area contributed by atoms with Gasteiger partial charge in [-0.25, -0.2) is 9.59 Å². The third-order valence-electron chi connectivity index (χ3n) is 4.33. The van der Waals surface area contributed by atoms with E-state index in [4.69, 9.17) is 14.2 Å². The maximum atomic E-state index is 12.3. The number of nitrogens with zero attached hydrogens (tertiary/aromatic N) is 2. The van der Waals surface area contributed by atoms with Crippen molar-refractivity contribution in [3.8, 4) is 0 Å². The van der Waals surface area contributed by atoms with Crippen LogP contribution in [0.2, 0.25) is 0 Å². The van der Waals surface area contributed by atoms with Crippen LogP contribution in [0.25, 0.3) is 0 Å². The van der Waals surface area contributed by atoms with Crippen LogP contribution in [0.1, 0.15) is 5.69 Å². The summed E-state index contributed by atoms with van der Waals surface area (Å²) in [6.45, 7) is 0.131. The zero-order valence-electron chi connectivity index (χ0n) is 16.3. The van der Waals surface area contributed by atoms with E-state index in [-0.39, 0.29) is 24.6 Å². The van der Waals surface area contributed by atoms with Crippen LogP contribution in [-0.2, 0) is 30.2 Å². The summed E-state index contributed by atoms with van der Waals surface area (Å²) < 4.78 is 15.1. The highest BCUT2D eigenvalue weighted by molar-refractivity contribution is 7.99. The zero-order valence-corrected chi connectivity index (χ0v) is 17.1. The van der Waals surface area contributed by atoms with Gasteiger partial charge in [-0.05, 0) is 42.8 Å². The van der Waals surface area contributed by atoms with E-state index in [0.717, 1.165) is 28.5 Å². The minimum absolute atomic E-state index is 0.00490. The van der Waals surface area contributed by atoms with Gasteiger partial charge in [0.25, 0.3) is 0 Å². The number of pyridine rings is 1. The molecule has 1 aromatic heterocycles. The minimum Gasteiger partial charge on any atom is -0.466 e. The summed E-state index contributed by atoms with van der Waals surface area (Å²) in [4.78, 5) is 31.4. The summed E-state index contributed by atoms with van der Waals surface area (Å²) in [5.41, 5.74) is 2.06. The SMILES string of the molecule is COC(=O)C1=C(C(=O)OC)N(c2ccc(SCCc3ccccn3)cc2)COC1. The first-order valence-electron chi connectivity index (χ1n) is 9.02. The summed E-state index contributed by atoms with van der Waals surface area (Å²) in [7, 11) is 2.54. The molecule has 0 N–H and O–H groups in total. The predicted octanol–water partition coefficient (Wildman–Crippen LogP) is 2.81. The molecule has 8 heteroatoms. The van der Waals surface area contributed by atoms with Gasteiger partial charge in [0, 0.05) is 28.2 Å². The van der Waals surface area contributed by atoms with Crippen molar-refractivity contribution in [3.63, 3.8) is 0 Å². The van der Waals surface area contributed by atoms with Gasteiger partial charge < -0.3 is 19.1 Å². The average Bonchev–Trinajstić information content (AvgIpc) is 2.78. The Bertz CT molecular complexity index is 884. The highest BCUT2D eigenvalue weighted by atomic mass is 32.2. The third-order valence-corrected chi connectivity index (χ3v) is 5.35. The lowest BCUT2D eigenvalue weighted by Crippen LogP contribution is -2.38. The summed E-state index contributed by atoms with van der Waals surface area (Å²) in [5.74, 6) is -0.317. The van der Waals surface area contributed by atoms with Crippen LogP contribution in [0.4, 0.5) is 5.69 Å². The van der Waals surface area contributed by atoms with E-state index in [1.165, 1.54) is 14.2 Å². The fourth-order valence-electron chi connectivity index (χ4n) is 2.89. The summed E-state index contributed by atoms with van der Waals surface area (Å²) >= 11 is 1.72. The molecule has 1 aliphatic rings. The van der Waals surface area contributed by atoms with Gasteiger partial charge in [-0.3, -0.25) is 4.98 Å². The number of methoxy groups -OCH3 is 2. The van der Waals surface area contributed by atoms with Gasteiger partial charge in [-0.2, -0.15) is 0 Å². The molecule has 0 aliphatic carbocycles. The van der Waals surface area contributed by atoms with Crippen LogP contribution in [0.15, 0.2) is 64.8 Å². The second kappa shape index (κ2) is 10.1.